The molecule has 1 unspecified atom stereocenters. The van der Waals surface area contributed by atoms with Gasteiger partial charge in [0.2, 0.25) is 5.91 Å². The zero-order valence-electron chi connectivity index (χ0n) is 16.5. The molecule has 0 bridgehead atoms. The number of aryl methyl sites for hydroxylation is 3. The summed E-state index contributed by atoms with van der Waals surface area (Å²) >= 11 is 0. The van der Waals surface area contributed by atoms with Crippen molar-refractivity contribution < 1.29 is 4.79 Å². The van der Waals surface area contributed by atoms with Crippen LogP contribution >= 0.6 is 0 Å². The van der Waals surface area contributed by atoms with E-state index < -0.39 is 6.04 Å². The Kier molecular flexibility index (Phi) is 5.03. The predicted molar refractivity (Wildman–Crippen MR) is 106 cm³/mol. The van der Waals surface area contributed by atoms with Crippen molar-refractivity contribution in [1.82, 2.24) is 40.1 Å². The van der Waals surface area contributed by atoms with Crippen molar-refractivity contribution in [1.29, 1.82) is 0 Å². The van der Waals surface area contributed by atoms with Gasteiger partial charge in [-0.15, -0.1) is 0 Å². The zero-order valence-corrected chi connectivity index (χ0v) is 16.5. The Morgan fingerprint density at radius 2 is 1.97 bits per heavy atom. The van der Waals surface area contributed by atoms with E-state index in [2.05, 4.69) is 35.6 Å². The highest BCUT2D eigenvalue weighted by Crippen LogP contribution is 2.20. The maximum Gasteiger partial charge on any atom is 0.252 e. The number of carbonyl (C=O) groups is 1. The van der Waals surface area contributed by atoms with Gasteiger partial charge in [-0.25, -0.2) is 14.5 Å². The maximum atomic E-state index is 12.8. The molecule has 1 atom stereocenters. The van der Waals surface area contributed by atoms with Crippen LogP contribution in [-0.4, -0.2) is 40.7 Å². The number of rotatable bonds is 6. The zero-order chi connectivity index (χ0) is 20.4. The van der Waals surface area contributed by atoms with Gasteiger partial charge in [0.25, 0.3) is 5.78 Å². The third-order valence-electron chi connectivity index (χ3n) is 4.90. The van der Waals surface area contributed by atoms with Crippen LogP contribution in [0.15, 0.2) is 36.7 Å². The Hall–Kier alpha value is -3.62. The molecular formula is C20H22N8O. The Morgan fingerprint density at radius 3 is 2.69 bits per heavy atom. The predicted octanol–water partition coefficient (Wildman–Crippen LogP) is 2.01. The topological polar surface area (TPSA) is 114 Å². The summed E-state index contributed by atoms with van der Waals surface area (Å²) in [7, 11) is 0. The highest BCUT2D eigenvalue weighted by atomic mass is 16.1. The van der Waals surface area contributed by atoms with Crippen LogP contribution < -0.4 is 5.32 Å². The third-order valence-corrected chi connectivity index (χ3v) is 4.90. The quantitative estimate of drug-likeness (QED) is 0.521. The van der Waals surface area contributed by atoms with E-state index in [9.17, 15) is 4.79 Å². The van der Waals surface area contributed by atoms with Gasteiger partial charge in [-0.3, -0.25) is 9.89 Å². The average Bonchev–Trinajstić information content (AvgIpc) is 3.35. The number of aromatic nitrogens is 7. The molecule has 1 aromatic carbocycles. The largest absolute Gasteiger partial charge is 0.342 e. The van der Waals surface area contributed by atoms with Gasteiger partial charge in [-0.05, 0) is 38.3 Å². The summed E-state index contributed by atoms with van der Waals surface area (Å²) in [5.74, 6) is 1.73. The van der Waals surface area contributed by atoms with Crippen molar-refractivity contribution in [2.24, 2.45) is 0 Å². The molecule has 4 rings (SSSR count). The van der Waals surface area contributed by atoms with E-state index in [0.29, 0.717) is 30.3 Å². The van der Waals surface area contributed by atoms with Gasteiger partial charge in [-0.2, -0.15) is 15.2 Å². The fourth-order valence-electron chi connectivity index (χ4n) is 3.42. The lowest BCUT2D eigenvalue weighted by Gasteiger charge is -2.17. The van der Waals surface area contributed by atoms with E-state index in [0.717, 1.165) is 22.5 Å². The standard InChI is InChI=1S/C20H22N8O/c1-12-16(13(2)28-20(23-12)21-11-22-28)9-10-17(29)25-18(15-7-5-4-6-8-15)19-24-14(3)26-27-19/h4-8,11,18H,9-10H2,1-3H3,(H,25,29)(H,24,26,27). The summed E-state index contributed by atoms with van der Waals surface area (Å²) in [4.78, 5) is 25.8. The number of hydrogen-bond donors (Lipinski definition) is 2. The molecule has 3 aromatic heterocycles. The SMILES string of the molecule is Cc1nc(C(NC(=O)CCc2c(C)nc3ncnn3c2C)c2ccccc2)n[nH]1. The van der Waals surface area contributed by atoms with Crippen LogP contribution in [0.4, 0.5) is 0 Å². The normalized spacial score (nSPS) is 12.2. The first-order valence-electron chi connectivity index (χ1n) is 9.42. The third kappa shape index (κ3) is 3.84. The van der Waals surface area contributed by atoms with Crippen molar-refractivity contribution in [3.05, 3.63) is 70.8 Å². The minimum atomic E-state index is -0.410. The molecule has 0 saturated carbocycles. The van der Waals surface area contributed by atoms with Crippen molar-refractivity contribution in [2.45, 2.75) is 39.7 Å². The van der Waals surface area contributed by atoms with Crippen molar-refractivity contribution in [3.63, 3.8) is 0 Å². The van der Waals surface area contributed by atoms with Crippen LogP contribution in [0.1, 0.15) is 46.6 Å². The van der Waals surface area contributed by atoms with Gasteiger partial charge in [0.1, 0.15) is 18.2 Å². The molecule has 0 aliphatic carbocycles. The van der Waals surface area contributed by atoms with Crippen LogP contribution in [0.2, 0.25) is 0 Å². The number of fused-ring (bicyclic) bond motifs is 1. The minimum Gasteiger partial charge on any atom is -0.342 e. The number of H-pyrrole nitrogens is 1. The first-order valence-corrected chi connectivity index (χ1v) is 9.42. The Morgan fingerprint density at radius 1 is 1.17 bits per heavy atom. The molecule has 3 heterocycles. The number of nitrogens with zero attached hydrogens (tertiary/aromatic N) is 6. The van der Waals surface area contributed by atoms with Crippen LogP contribution in [0.25, 0.3) is 5.78 Å². The van der Waals surface area contributed by atoms with Crippen LogP contribution in [0.3, 0.4) is 0 Å². The minimum absolute atomic E-state index is 0.0845. The summed E-state index contributed by atoms with van der Waals surface area (Å²) < 4.78 is 1.70. The fourth-order valence-corrected chi connectivity index (χ4v) is 3.42. The van der Waals surface area contributed by atoms with Crippen molar-refractivity contribution in [3.8, 4) is 0 Å². The molecule has 0 aliphatic heterocycles. The van der Waals surface area contributed by atoms with Gasteiger partial charge in [0, 0.05) is 17.8 Å². The van der Waals surface area contributed by atoms with Gasteiger partial charge < -0.3 is 5.32 Å². The Balaban J connectivity index is 1.52. The first-order chi connectivity index (χ1) is 14.0. The van der Waals surface area contributed by atoms with Gasteiger partial charge in [0.15, 0.2) is 5.82 Å². The monoisotopic (exact) mass is 390 g/mol. The summed E-state index contributed by atoms with van der Waals surface area (Å²) in [5, 5.41) is 14.3. The average molecular weight is 390 g/mol. The Bertz CT molecular complexity index is 1150. The van der Waals surface area contributed by atoms with E-state index in [1.165, 1.54) is 6.33 Å². The number of nitrogens with one attached hydrogen (secondary N) is 2. The fraction of sp³-hybridized carbons (Fsp3) is 0.300. The molecule has 0 fully saturated rings. The molecule has 1 amide bonds. The summed E-state index contributed by atoms with van der Waals surface area (Å²) in [6.07, 6.45) is 2.35. The number of hydrogen-bond acceptors (Lipinski definition) is 6. The van der Waals surface area contributed by atoms with Crippen LogP contribution in [0.5, 0.6) is 0 Å². The highest BCUT2D eigenvalue weighted by Gasteiger charge is 2.21. The summed E-state index contributed by atoms with van der Waals surface area (Å²) in [6.45, 7) is 5.73. The molecule has 0 aliphatic rings. The lowest BCUT2D eigenvalue weighted by molar-refractivity contribution is -0.121. The van der Waals surface area contributed by atoms with E-state index in [-0.39, 0.29) is 5.91 Å². The summed E-state index contributed by atoms with van der Waals surface area (Å²) in [6, 6.07) is 9.29. The second kappa shape index (κ2) is 7.78. The highest BCUT2D eigenvalue weighted by molar-refractivity contribution is 5.77. The van der Waals surface area contributed by atoms with Crippen LogP contribution in [0, 0.1) is 20.8 Å². The van der Waals surface area contributed by atoms with Gasteiger partial charge in [0.05, 0.1) is 0 Å². The van der Waals surface area contributed by atoms with E-state index >= 15 is 0 Å². The van der Waals surface area contributed by atoms with E-state index in [1.807, 2.05) is 51.1 Å². The molecule has 0 saturated heterocycles. The molecule has 9 heteroatoms. The number of aromatic amines is 1. The molecule has 29 heavy (non-hydrogen) atoms. The molecule has 2 N–H and O–H groups in total. The van der Waals surface area contributed by atoms with E-state index in [1.54, 1.807) is 4.52 Å². The number of carbonyl (C=O) groups excluding carboxylic acids is 1. The summed E-state index contributed by atoms with van der Waals surface area (Å²) in [5.41, 5.74) is 3.74. The van der Waals surface area contributed by atoms with E-state index in [4.69, 9.17) is 0 Å². The first kappa shape index (κ1) is 18.7. The Labute approximate surface area is 167 Å². The number of amides is 1. The van der Waals surface area contributed by atoms with Crippen molar-refractivity contribution in [2.75, 3.05) is 0 Å². The maximum absolute atomic E-state index is 12.8. The molecule has 0 spiro atoms. The molecular weight excluding hydrogens is 368 g/mol. The smallest absolute Gasteiger partial charge is 0.252 e. The number of benzene rings is 1. The molecule has 9 nitrogen and oxygen atoms in total. The lowest BCUT2D eigenvalue weighted by atomic mass is 10.0. The second-order valence-corrected chi connectivity index (χ2v) is 6.92. The molecule has 0 radical (unpaired) electrons. The second-order valence-electron chi connectivity index (χ2n) is 6.92. The molecule has 4 aromatic rings. The molecule has 148 valence electrons. The van der Waals surface area contributed by atoms with Gasteiger partial charge in [-0.1, -0.05) is 30.3 Å². The van der Waals surface area contributed by atoms with Crippen LogP contribution in [-0.2, 0) is 11.2 Å². The van der Waals surface area contributed by atoms with Gasteiger partial charge >= 0.3 is 0 Å². The van der Waals surface area contributed by atoms with Crippen molar-refractivity contribution >= 4 is 11.7 Å². The lowest BCUT2D eigenvalue weighted by Crippen LogP contribution is -2.30.